The number of hydrogen-bond donors (Lipinski definition) is 1. The van der Waals surface area contributed by atoms with Crippen LogP contribution in [0.4, 0.5) is 10.1 Å². The summed E-state index contributed by atoms with van der Waals surface area (Å²) in [5, 5.41) is 3.06. The highest BCUT2D eigenvalue weighted by atomic mass is 19.1. The lowest BCUT2D eigenvalue weighted by molar-refractivity contribution is -0.117. The van der Waals surface area contributed by atoms with Gasteiger partial charge in [0.05, 0.1) is 5.92 Å². The van der Waals surface area contributed by atoms with E-state index in [1.165, 1.54) is 12.1 Å². The summed E-state index contributed by atoms with van der Waals surface area (Å²) in [6, 6.07) is 15.8. The number of para-hydroxylation sites is 1. The molecular formula is C22H21FN2O. The zero-order valence-corrected chi connectivity index (χ0v) is 14.9. The van der Waals surface area contributed by atoms with Crippen LogP contribution in [0.2, 0.25) is 0 Å². The number of pyridine rings is 1. The molecule has 1 aromatic heterocycles. The number of aryl methyl sites for hydroxylation is 2. The first-order valence-electron chi connectivity index (χ1n) is 8.56. The second-order valence-electron chi connectivity index (χ2n) is 6.43. The van der Waals surface area contributed by atoms with Crippen molar-refractivity contribution in [3.05, 3.63) is 95.1 Å². The third-order valence-corrected chi connectivity index (χ3v) is 4.48. The highest BCUT2D eigenvalue weighted by Crippen LogP contribution is 2.26. The maximum atomic E-state index is 13.3. The molecule has 26 heavy (non-hydrogen) atoms. The molecule has 3 nitrogen and oxygen atoms in total. The van der Waals surface area contributed by atoms with Gasteiger partial charge in [0.15, 0.2) is 0 Å². The Balaban J connectivity index is 1.91. The quantitative estimate of drug-likeness (QED) is 0.719. The minimum absolute atomic E-state index is 0.113. The summed E-state index contributed by atoms with van der Waals surface area (Å²) in [5.74, 6) is -0.860. The van der Waals surface area contributed by atoms with Crippen molar-refractivity contribution in [2.45, 2.75) is 26.2 Å². The van der Waals surface area contributed by atoms with Crippen molar-refractivity contribution in [3.63, 3.8) is 0 Å². The van der Waals surface area contributed by atoms with E-state index in [1.807, 2.05) is 44.2 Å². The van der Waals surface area contributed by atoms with E-state index >= 15 is 0 Å². The lowest BCUT2D eigenvalue weighted by atomic mass is 9.91. The minimum Gasteiger partial charge on any atom is -0.325 e. The van der Waals surface area contributed by atoms with Gasteiger partial charge in [-0.2, -0.15) is 0 Å². The monoisotopic (exact) mass is 348 g/mol. The fourth-order valence-electron chi connectivity index (χ4n) is 3.03. The van der Waals surface area contributed by atoms with Gasteiger partial charge < -0.3 is 5.32 Å². The van der Waals surface area contributed by atoms with Crippen molar-refractivity contribution in [1.82, 2.24) is 4.98 Å². The van der Waals surface area contributed by atoms with Gasteiger partial charge in [0.2, 0.25) is 5.91 Å². The summed E-state index contributed by atoms with van der Waals surface area (Å²) in [4.78, 5) is 17.2. The second kappa shape index (κ2) is 7.91. The van der Waals surface area contributed by atoms with E-state index in [2.05, 4.69) is 10.3 Å². The molecule has 3 aromatic rings. The fourth-order valence-corrected chi connectivity index (χ4v) is 3.03. The minimum atomic E-state index is -0.432. The molecule has 0 aliphatic carbocycles. The molecule has 132 valence electrons. The Morgan fingerprint density at radius 3 is 2.35 bits per heavy atom. The predicted octanol–water partition coefficient (Wildman–Crippen LogP) is 4.80. The van der Waals surface area contributed by atoms with Crippen LogP contribution >= 0.6 is 0 Å². The molecule has 3 rings (SSSR count). The molecular weight excluding hydrogens is 327 g/mol. The van der Waals surface area contributed by atoms with Crippen molar-refractivity contribution in [3.8, 4) is 0 Å². The molecule has 0 aliphatic heterocycles. The summed E-state index contributed by atoms with van der Waals surface area (Å²) < 4.78 is 13.3. The van der Waals surface area contributed by atoms with Crippen molar-refractivity contribution in [2.75, 3.05) is 5.32 Å². The van der Waals surface area contributed by atoms with Gasteiger partial charge in [0, 0.05) is 18.1 Å². The number of carbonyl (C=O) groups is 1. The van der Waals surface area contributed by atoms with Crippen LogP contribution < -0.4 is 5.32 Å². The maximum Gasteiger partial charge on any atom is 0.232 e. The highest BCUT2D eigenvalue weighted by molar-refractivity contribution is 5.97. The zero-order valence-electron chi connectivity index (χ0n) is 14.9. The first kappa shape index (κ1) is 17.8. The van der Waals surface area contributed by atoms with E-state index in [9.17, 15) is 9.18 Å². The normalized spacial score (nSPS) is 11.8. The molecule has 0 saturated carbocycles. The Morgan fingerprint density at radius 2 is 1.73 bits per heavy atom. The van der Waals surface area contributed by atoms with Crippen LogP contribution in [0.15, 0.2) is 67.0 Å². The first-order chi connectivity index (χ1) is 12.5. The lowest BCUT2D eigenvalue weighted by Crippen LogP contribution is -2.24. The number of halogens is 1. The number of nitrogens with zero attached hydrogens (tertiary/aromatic N) is 1. The summed E-state index contributed by atoms with van der Waals surface area (Å²) in [6.07, 6.45) is 3.95. The van der Waals surface area contributed by atoms with Crippen LogP contribution in [-0.4, -0.2) is 10.9 Å². The first-order valence-corrected chi connectivity index (χ1v) is 8.56. The van der Waals surface area contributed by atoms with Gasteiger partial charge in [-0.1, -0.05) is 36.4 Å². The SMILES string of the molecule is Cc1cccc(C)c1NC(=O)C(Cc1cccnc1)c1ccc(F)cc1. The van der Waals surface area contributed by atoms with Crippen LogP contribution in [0.1, 0.15) is 28.2 Å². The number of hydrogen-bond acceptors (Lipinski definition) is 2. The largest absolute Gasteiger partial charge is 0.325 e. The second-order valence-corrected chi connectivity index (χ2v) is 6.43. The molecule has 0 radical (unpaired) electrons. The average molecular weight is 348 g/mol. The Kier molecular flexibility index (Phi) is 5.42. The molecule has 0 spiro atoms. The topological polar surface area (TPSA) is 42.0 Å². The predicted molar refractivity (Wildman–Crippen MR) is 102 cm³/mol. The van der Waals surface area contributed by atoms with Crippen LogP contribution in [0.25, 0.3) is 0 Å². The molecule has 1 heterocycles. The molecule has 4 heteroatoms. The van der Waals surface area contributed by atoms with Crippen LogP contribution in [-0.2, 0) is 11.2 Å². The highest BCUT2D eigenvalue weighted by Gasteiger charge is 2.22. The van der Waals surface area contributed by atoms with Crippen molar-refractivity contribution in [1.29, 1.82) is 0 Å². The van der Waals surface area contributed by atoms with E-state index < -0.39 is 5.92 Å². The van der Waals surface area contributed by atoms with E-state index in [0.29, 0.717) is 6.42 Å². The summed E-state index contributed by atoms with van der Waals surface area (Å²) in [5.41, 5.74) is 4.59. The molecule has 1 amide bonds. The van der Waals surface area contributed by atoms with Gasteiger partial charge in [-0.05, 0) is 60.7 Å². The fraction of sp³-hybridized carbons (Fsp3) is 0.182. The molecule has 1 atom stereocenters. The van der Waals surface area contributed by atoms with E-state index in [1.54, 1.807) is 24.5 Å². The van der Waals surface area contributed by atoms with Gasteiger partial charge in [-0.3, -0.25) is 9.78 Å². The summed E-state index contributed by atoms with van der Waals surface area (Å²) in [7, 11) is 0. The molecule has 0 saturated heterocycles. The van der Waals surface area contributed by atoms with E-state index in [0.717, 1.165) is 27.9 Å². The van der Waals surface area contributed by atoms with Crippen molar-refractivity contribution in [2.24, 2.45) is 0 Å². The number of benzene rings is 2. The average Bonchev–Trinajstić information content (AvgIpc) is 2.64. The number of rotatable bonds is 5. The lowest BCUT2D eigenvalue weighted by Gasteiger charge is -2.19. The Bertz CT molecular complexity index is 872. The molecule has 2 aromatic carbocycles. The standard InChI is InChI=1S/C22H21FN2O/c1-15-5-3-6-16(2)21(15)25-22(26)20(13-17-7-4-12-24-14-17)18-8-10-19(23)11-9-18/h3-12,14,20H,13H2,1-2H3,(H,25,26). The van der Waals surface area contributed by atoms with Gasteiger partial charge >= 0.3 is 0 Å². The third-order valence-electron chi connectivity index (χ3n) is 4.48. The molecule has 0 aliphatic rings. The van der Waals surface area contributed by atoms with Gasteiger partial charge in [0.25, 0.3) is 0 Å². The van der Waals surface area contributed by atoms with Gasteiger partial charge in [-0.15, -0.1) is 0 Å². The summed E-state index contributed by atoms with van der Waals surface area (Å²) >= 11 is 0. The number of aromatic nitrogens is 1. The molecule has 0 bridgehead atoms. The zero-order chi connectivity index (χ0) is 18.5. The van der Waals surface area contributed by atoms with Crippen LogP contribution in [0, 0.1) is 19.7 Å². The maximum absolute atomic E-state index is 13.3. The van der Waals surface area contributed by atoms with E-state index in [-0.39, 0.29) is 11.7 Å². The molecule has 1 N–H and O–H groups in total. The van der Waals surface area contributed by atoms with Crippen LogP contribution in [0.5, 0.6) is 0 Å². The molecule has 0 fully saturated rings. The Labute approximate surface area is 152 Å². The number of amides is 1. The van der Waals surface area contributed by atoms with E-state index in [4.69, 9.17) is 0 Å². The number of carbonyl (C=O) groups excluding carboxylic acids is 1. The number of nitrogens with one attached hydrogen (secondary N) is 1. The third kappa shape index (κ3) is 4.14. The van der Waals surface area contributed by atoms with Gasteiger partial charge in [0.1, 0.15) is 5.82 Å². The Hall–Kier alpha value is -3.01. The Morgan fingerprint density at radius 1 is 1.04 bits per heavy atom. The van der Waals surface area contributed by atoms with Crippen molar-refractivity contribution >= 4 is 11.6 Å². The smallest absolute Gasteiger partial charge is 0.232 e. The summed E-state index contributed by atoms with van der Waals surface area (Å²) in [6.45, 7) is 3.94. The van der Waals surface area contributed by atoms with Crippen LogP contribution in [0.3, 0.4) is 0 Å². The van der Waals surface area contributed by atoms with Gasteiger partial charge in [-0.25, -0.2) is 4.39 Å². The number of anilines is 1. The molecule has 1 unspecified atom stereocenters. The van der Waals surface area contributed by atoms with Crippen molar-refractivity contribution < 1.29 is 9.18 Å².